The molecule has 9 aromatic rings. The highest BCUT2D eigenvalue weighted by Gasteiger charge is 2.52. The van der Waals surface area contributed by atoms with Crippen molar-refractivity contribution >= 4 is 55.9 Å². The molecule has 7 heteroatoms. The molecule has 260 valence electrons. The second-order valence-corrected chi connectivity index (χ2v) is 15.1. The summed E-state index contributed by atoms with van der Waals surface area (Å²) >= 11 is 0. The normalized spacial score (nSPS) is 15.1. The zero-order chi connectivity index (χ0) is 36.6. The van der Waals surface area contributed by atoms with Gasteiger partial charge in [0, 0.05) is 21.9 Å². The summed E-state index contributed by atoms with van der Waals surface area (Å²) in [6.07, 6.45) is 0. The molecule has 1 aliphatic rings. The molecule has 0 spiro atoms. The zero-order valence-corrected chi connectivity index (χ0v) is 30.6. The highest BCUT2D eigenvalue weighted by atomic mass is 16.7. The van der Waals surface area contributed by atoms with Crippen LogP contribution in [0.15, 0.2) is 152 Å². The first-order chi connectivity index (χ1) is 26.3. The van der Waals surface area contributed by atoms with Gasteiger partial charge in [-0.2, -0.15) is 9.97 Å². The SMILES string of the molecule is CC1(C)OB(c2c3ccccc3c(-c3ccc4c(c3)c3ccccc3n4-c3nc(-c4ccccc4)nc(-c4ccccc4)n3)c3ccccc23)OC1(C)C. The molecule has 1 saturated heterocycles. The number of hydrogen-bond donors (Lipinski definition) is 0. The van der Waals surface area contributed by atoms with Gasteiger partial charge in [0.2, 0.25) is 5.95 Å². The Morgan fingerprint density at radius 2 is 0.907 bits per heavy atom. The van der Waals surface area contributed by atoms with Gasteiger partial charge in [0.1, 0.15) is 0 Å². The minimum absolute atomic E-state index is 0.458. The summed E-state index contributed by atoms with van der Waals surface area (Å²) in [4.78, 5) is 15.2. The van der Waals surface area contributed by atoms with Crippen molar-refractivity contribution in [1.29, 1.82) is 0 Å². The van der Waals surface area contributed by atoms with Crippen molar-refractivity contribution in [1.82, 2.24) is 19.5 Å². The van der Waals surface area contributed by atoms with Crippen LogP contribution in [0.5, 0.6) is 0 Å². The number of rotatable bonds is 5. The summed E-state index contributed by atoms with van der Waals surface area (Å²) in [6.45, 7) is 8.44. The third kappa shape index (κ3) is 5.07. The summed E-state index contributed by atoms with van der Waals surface area (Å²) in [6, 6.07) is 52.8. The zero-order valence-electron chi connectivity index (χ0n) is 30.6. The molecular weight excluding hydrogens is 663 g/mol. The Kier molecular flexibility index (Phi) is 7.34. The molecule has 54 heavy (non-hydrogen) atoms. The summed E-state index contributed by atoms with van der Waals surface area (Å²) in [5.41, 5.74) is 6.38. The highest BCUT2D eigenvalue weighted by molar-refractivity contribution is 6.69. The van der Waals surface area contributed by atoms with E-state index in [1.54, 1.807) is 0 Å². The number of aromatic nitrogens is 4. The molecule has 6 nitrogen and oxygen atoms in total. The Labute approximate surface area is 314 Å². The smallest absolute Gasteiger partial charge is 0.399 e. The summed E-state index contributed by atoms with van der Waals surface area (Å²) in [7, 11) is -0.499. The second-order valence-electron chi connectivity index (χ2n) is 15.1. The van der Waals surface area contributed by atoms with Crippen LogP contribution in [0.2, 0.25) is 0 Å². The Bertz CT molecular complexity index is 2770. The molecule has 0 aliphatic carbocycles. The lowest BCUT2D eigenvalue weighted by Gasteiger charge is -2.32. The van der Waals surface area contributed by atoms with Crippen molar-refractivity contribution < 1.29 is 9.31 Å². The van der Waals surface area contributed by atoms with Gasteiger partial charge in [-0.25, -0.2) is 4.98 Å². The topological polar surface area (TPSA) is 62.1 Å². The number of hydrogen-bond acceptors (Lipinski definition) is 5. The van der Waals surface area contributed by atoms with Crippen molar-refractivity contribution in [3.63, 3.8) is 0 Å². The predicted octanol–water partition coefficient (Wildman–Crippen LogP) is 10.6. The van der Waals surface area contributed by atoms with E-state index in [2.05, 4.69) is 123 Å². The van der Waals surface area contributed by atoms with Crippen LogP contribution in [0.25, 0.3) is 83.2 Å². The third-order valence-electron chi connectivity index (χ3n) is 11.3. The van der Waals surface area contributed by atoms with Gasteiger partial charge in [0.15, 0.2) is 11.6 Å². The minimum Gasteiger partial charge on any atom is -0.399 e. The molecule has 2 aromatic heterocycles. The maximum atomic E-state index is 6.69. The van der Waals surface area contributed by atoms with Crippen molar-refractivity contribution in [2.45, 2.75) is 38.9 Å². The van der Waals surface area contributed by atoms with E-state index in [-0.39, 0.29) is 0 Å². The molecule has 1 aliphatic heterocycles. The van der Waals surface area contributed by atoms with Gasteiger partial charge in [-0.1, -0.05) is 133 Å². The van der Waals surface area contributed by atoms with Crippen LogP contribution in [0.1, 0.15) is 27.7 Å². The number of fused-ring (bicyclic) bond motifs is 5. The van der Waals surface area contributed by atoms with E-state index in [0.29, 0.717) is 17.6 Å². The van der Waals surface area contributed by atoms with Crippen LogP contribution in [0, 0.1) is 0 Å². The van der Waals surface area contributed by atoms with Crippen molar-refractivity contribution in [3.05, 3.63) is 152 Å². The molecule has 7 aromatic carbocycles. The quantitative estimate of drug-likeness (QED) is 0.132. The van der Waals surface area contributed by atoms with Gasteiger partial charge >= 0.3 is 7.12 Å². The second kappa shape index (κ2) is 12.2. The van der Waals surface area contributed by atoms with E-state index in [0.717, 1.165) is 65.5 Å². The monoisotopic (exact) mass is 700 g/mol. The van der Waals surface area contributed by atoms with Gasteiger partial charge in [0.05, 0.1) is 22.2 Å². The molecule has 10 rings (SSSR count). The van der Waals surface area contributed by atoms with Crippen LogP contribution in [0.4, 0.5) is 0 Å². The average Bonchev–Trinajstić information content (AvgIpc) is 3.65. The largest absolute Gasteiger partial charge is 0.496 e. The van der Waals surface area contributed by atoms with Crippen LogP contribution in [-0.4, -0.2) is 37.8 Å². The summed E-state index contributed by atoms with van der Waals surface area (Å²) in [5, 5.41) is 6.80. The first-order valence-electron chi connectivity index (χ1n) is 18.5. The predicted molar refractivity (Wildman–Crippen MR) is 221 cm³/mol. The van der Waals surface area contributed by atoms with Crippen LogP contribution >= 0.6 is 0 Å². The van der Waals surface area contributed by atoms with Crippen molar-refractivity contribution in [2.75, 3.05) is 0 Å². The lowest BCUT2D eigenvalue weighted by atomic mass is 9.71. The van der Waals surface area contributed by atoms with Crippen LogP contribution < -0.4 is 5.46 Å². The summed E-state index contributed by atoms with van der Waals surface area (Å²) in [5.74, 6) is 1.83. The molecule has 0 unspecified atom stereocenters. The molecule has 3 heterocycles. The van der Waals surface area contributed by atoms with E-state index in [4.69, 9.17) is 24.3 Å². The third-order valence-corrected chi connectivity index (χ3v) is 11.3. The molecule has 1 fully saturated rings. The Morgan fingerprint density at radius 3 is 1.46 bits per heavy atom. The maximum Gasteiger partial charge on any atom is 0.496 e. The van der Waals surface area contributed by atoms with Gasteiger partial charge < -0.3 is 9.31 Å². The molecule has 0 amide bonds. The van der Waals surface area contributed by atoms with E-state index in [1.165, 1.54) is 5.56 Å². The standard InChI is InChI=1S/C47H37BN4O2/c1-46(2)47(3,4)54-48(53-46)42-36-24-13-11-22-34(36)41(35-23-12-14-25-37(35)42)32-27-28-40-38(29-32)33-21-15-16-26-39(33)52(40)45-50-43(30-17-7-5-8-18-30)49-44(51-45)31-19-9-6-10-20-31/h5-29H,1-4H3. The fourth-order valence-electron chi connectivity index (χ4n) is 7.93. The fraction of sp³-hybridized carbons (Fsp3) is 0.128. The van der Waals surface area contributed by atoms with Crippen LogP contribution in [0.3, 0.4) is 0 Å². The lowest BCUT2D eigenvalue weighted by Crippen LogP contribution is -2.41. The maximum absolute atomic E-state index is 6.69. The molecule has 0 saturated carbocycles. The van der Waals surface area contributed by atoms with E-state index < -0.39 is 18.3 Å². The van der Waals surface area contributed by atoms with Gasteiger partial charge in [-0.15, -0.1) is 0 Å². The molecule has 0 N–H and O–H groups in total. The van der Waals surface area contributed by atoms with Gasteiger partial charge in [-0.3, -0.25) is 4.57 Å². The number of benzene rings is 7. The highest BCUT2D eigenvalue weighted by Crippen LogP contribution is 2.42. The lowest BCUT2D eigenvalue weighted by molar-refractivity contribution is 0.00578. The number of para-hydroxylation sites is 1. The summed E-state index contributed by atoms with van der Waals surface area (Å²) < 4.78 is 15.6. The first kappa shape index (κ1) is 32.5. The van der Waals surface area contributed by atoms with Gasteiger partial charge in [-0.05, 0) is 84.0 Å². The van der Waals surface area contributed by atoms with Gasteiger partial charge in [0.25, 0.3) is 0 Å². The Balaban J connectivity index is 1.21. The molecule has 0 atom stereocenters. The number of nitrogens with zero attached hydrogens (tertiary/aromatic N) is 4. The van der Waals surface area contributed by atoms with Crippen molar-refractivity contribution in [2.24, 2.45) is 0 Å². The fourth-order valence-corrected chi connectivity index (χ4v) is 7.93. The Hall–Kier alpha value is -6.15. The van der Waals surface area contributed by atoms with Crippen LogP contribution in [-0.2, 0) is 9.31 Å². The minimum atomic E-state index is -0.499. The Morgan fingerprint density at radius 1 is 0.444 bits per heavy atom. The van der Waals surface area contributed by atoms with E-state index in [9.17, 15) is 0 Å². The van der Waals surface area contributed by atoms with Crippen molar-refractivity contribution in [3.8, 4) is 39.9 Å². The first-order valence-corrected chi connectivity index (χ1v) is 18.5. The van der Waals surface area contributed by atoms with E-state index in [1.807, 2.05) is 60.7 Å². The average molecular weight is 701 g/mol. The van der Waals surface area contributed by atoms with E-state index >= 15 is 0 Å². The molecule has 0 radical (unpaired) electrons. The molecular formula is C47H37BN4O2. The molecule has 0 bridgehead atoms.